The highest BCUT2D eigenvalue weighted by Gasteiger charge is 2.26. The molecule has 8 nitrogen and oxygen atoms in total. The predicted octanol–water partition coefficient (Wildman–Crippen LogP) is 4.63. The average Bonchev–Trinajstić information content (AvgIpc) is 3.08. The first-order valence-corrected chi connectivity index (χ1v) is 9.16. The van der Waals surface area contributed by atoms with Gasteiger partial charge in [0.05, 0.1) is 28.3 Å². The standard InChI is InChI=1S/C18H15F2N3O5S/c1-3-9-4-5-11-15(6-9)29-18(21-11)22-16(24)10-7-13(27-2)14(28-17(19)20)8-12(10)23(25)26/h4-8,17H,3H2,1-2H3,(H,21,22,24). The quantitative estimate of drug-likeness (QED) is 0.439. The third-order valence-electron chi connectivity index (χ3n) is 4.02. The van der Waals surface area contributed by atoms with E-state index in [-0.39, 0.29) is 16.4 Å². The van der Waals surface area contributed by atoms with Crippen molar-refractivity contribution in [2.24, 2.45) is 0 Å². The van der Waals surface area contributed by atoms with Gasteiger partial charge in [0.2, 0.25) is 0 Å². The predicted molar refractivity (Wildman–Crippen MR) is 103 cm³/mol. The number of carbonyl (C=O) groups is 1. The summed E-state index contributed by atoms with van der Waals surface area (Å²) in [6.07, 6.45) is 0.842. The monoisotopic (exact) mass is 423 g/mol. The molecule has 0 spiro atoms. The number of ether oxygens (including phenoxy) is 2. The van der Waals surface area contributed by atoms with Crippen molar-refractivity contribution in [2.45, 2.75) is 20.0 Å². The summed E-state index contributed by atoms with van der Waals surface area (Å²) in [7, 11) is 1.17. The molecule has 0 saturated carbocycles. The molecule has 0 radical (unpaired) electrons. The SMILES string of the molecule is CCc1ccc2nc(NC(=O)c3cc(OC)c(OC(F)F)cc3[N+](=O)[O-])sc2c1. The second-order valence-electron chi connectivity index (χ2n) is 5.78. The molecule has 0 fully saturated rings. The molecule has 1 amide bonds. The minimum atomic E-state index is -3.21. The van der Waals surface area contributed by atoms with Crippen LogP contribution in [-0.4, -0.2) is 29.5 Å². The summed E-state index contributed by atoms with van der Waals surface area (Å²) in [4.78, 5) is 27.4. The molecule has 0 aliphatic carbocycles. The molecule has 3 rings (SSSR count). The van der Waals surface area contributed by atoms with Crippen LogP contribution < -0.4 is 14.8 Å². The maximum Gasteiger partial charge on any atom is 0.387 e. The number of carbonyl (C=O) groups excluding carboxylic acids is 1. The lowest BCUT2D eigenvalue weighted by Gasteiger charge is -2.11. The molecule has 0 unspecified atom stereocenters. The van der Waals surface area contributed by atoms with E-state index in [2.05, 4.69) is 15.0 Å². The van der Waals surface area contributed by atoms with Crippen LogP contribution in [0.4, 0.5) is 19.6 Å². The zero-order valence-corrected chi connectivity index (χ0v) is 16.1. The number of hydrogen-bond acceptors (Lipinski definition) is 7. The highest BCUT2D eigenvalue weighted by molar-refractivity contribution is 7.22. The summed E-state index contributed by atoms with van der Waals surface area (Å²) in [6, 6.07) is 7.40. The fourth-order valence-electron chi connectivity index (χ4n) is 2.64. The summed E-state index contributed by atoms with van der Waals surface area (Å²) in [6.45, 7) is -1.20. The molecule has 0 atom stereocenters. The molecule has 0 aliphatic rings. The highest BCUT2D eigenvalue weighted by atomic mass is 32.1. The first kappa shape index (κ1) is 20.4. The third kappa shape index (κ3) is 4.40. The number of fused-ring (bicyclic) bond motifs is 1. The lowest BCUT2D eigenvalue weighted by molar-refractivity contribution is -0.385. The second-order valence-corrected chi connectivity index (χ2v) is 6.82. The Morgan fingerprint density at radius 2 is 2.07 bits per heavy atom. The molecule has 1 N–H and O–H groups in total. The first-order valence-electron chi connectivity index (χ1n) is 8.34. The van der Waals surface area contributed by atoms with Gasteiger partial charge in [0.25, 0.3) is 11.6 Å². The fourth-order valence-corrected chi connectivity index (χ4v) is 3.56. The minimum absolute atomic E-state index is 0.238. The van der Waals surface area contributed by atoms with Crippen molar-refractivity contribution >= 4 is 38.3 Å². The number of nitrogens with one attached hydrogen (secondary N) is 1. The number of nitro groups is 1. The largest absolute Gasteiger partial charge is 0.493 e. The Kier molecular flexibility index (Phi) is 5.87. The lowest BCUT2D eigenvalue weighted by atomic mass is 10.1. The van der Waals surface area contributed by atoms with Crippen LogP contribution in [0.3, 0.4) is 0 Å². The van der Waals surface area contributed by atoms with E-state index in [0.29, 0.717) is 5.52 Å². The van der Waals surface area contributed by atoms with E-state index in [9.17, 15) is 23.7 Å². The second kappa shape index (κ2) is 8.35. The van der Waals surface area contributed by atoms with Crippen LogP contribution in [0.2, 0.25) is 0 Å². The van der Waals surface area contributed by atoms with Gasteiger partial charge in [-0.2, -0.15) is 8.78 Å². The smallest absolute Gasteiger partial charge is 0.387 e. The van der Waals surface area contributed by atoms with Gasteiger partial charge in [-0.3, -0.25) is 20.2 Å². The van der Waals surface area contributed by atoms with Crippen molar-refractivity contribution in [1.82, 2.24) is 4.98 Å². The van der Waals surface area contributed by atoms with Crippen LogP contribution in [0.5, 0.6) is 11.5 Å². The van der Waals surface area contributed by atoms with Crippen LogP contribution >= 0.6 is 11.3 Å². The van der Waals surface area contributed by atoms with Crippen molar-refractivity contribution in [3.8, 4) is 11.5 Å². The number of alkyl halides is 2. The van der Waals surface area contributed by atoms with Gasteiger partial charge in [-0.1, -0.05) is 24.3 Å². The summed E-state index contributed by atoms with van der Waals surface area (Å²) < 4.78 is 35.1. The van der Waals surface area contributed by atoms with Crippen molar-refractivity contribution in [3.63, 3.8) is 0 Å². The van der Waals surface area contributed by atoms with Crippen LogP contribution in [0.1, 0.15) is 22.8 Å². The Hall–Kier alpha value is -3.34. The number of methoxy groups -OCH3 is 1. The number of halogens is 2. The van der Waals surface area contributed by atoms with Gasteiger partial charge in [0, 0.05) is 6.07 Å². The van der Waals surface area contributed by atoms with Gasteiger partial charge >= 0.3 is 6.61 Å². The molecule has 3 aromatic rings. The number of nitrogens with zero attached hydrogens (tertiary/aromatic N) is 2. The maximum absolute atomic E-state index is 12.6. The van der Waals surface area contributed by atoms with Gasteiger partial charge in [-0.15, -0.1) is 0 Å². The van der Waals surface area contributed by atoms with Crippen molar-refractivity contribution in [1.29, 1.82) is 0 Å². The Morgan fingerprint density at radius 3 is 2.69 bits per heavy atom. The van der Waals surface area contributed by atoms with E-state index in [4.69, 9.17) is 4.74 Å². The number of amides is 1. The molecule has 2 aromatic carbocycles. The van der Waals surface area contributed by atoms with E-state index in [1.165, 1.54) is 18.4 Å². The number of thiazole rings is 1. The third-order valence-corrected chi connectivity index (χ3v) is 4.95. The Balaban J connectivity index is 1.96. The summed E-state index contributed by atoms with van der Waals surface area (Å²) in [5, 5.41) is 14.1. The highest BCUT2D eigenvalue weighted by Crippen LogP contribution is 2.36. The molecule has 0 aliphatic heterocycles. The van der Waals surface area contributed by atoms with Gasteiger partial charge < -0.3 is 9.47 Å². The van der Waals surface area contributed by atoms with E-state index in [1.807, 2.05) is 25.1 Å². The molecular weight excluding hydrogens is 408 g/mol. The fraction of sp³-hybridized carbons (Fsp3) is 0.222. The Bertz CT molecular complexity index is 1090. The minimum Gasteiger partial charge on any atom is -0.493 e. The number of aryl methyl sites for hydroxylation is 1. The van der Waals surface area contributed by atoms with Crippen molar-refractivity contribution < 1.29 is 28.0 Å². The Morgan fingerprint density at radius 1 is 1.31 bits per heavy atom. The van der Waals surface area contributed by atoms with Crippen LogP contribution in [-0.2, 0) is 6.42 Å². The topological polar surface area (TPSA) is 104 Å². The van der Waals surface area contributed by atoms with E-state index >= 15 is 0 Å². The van der Waals surface area contributed by atoms with Crippen LogP contribution in [0.25, 0.3) is 10.2 Å². The summed E-state index contributed by atoms with van der Waals surface area (Å²) >= 11 is 1.22. The molecule has 29 heavy (non-hydrogen) atoms. The molecule has 11 heteroatoms. The number of hydrogen-bond donors (Lipinski definition) is 1. The van der Waals surface area contributed by atoms with Gasteiger partial charge in [0.15, 0.2) is 16.6 Å². The van der Waals surface area contributed by atoms with Gasteiger partial charge in [-0.25, -0.2) is 4.98 Å². The molecule has 1 aromatic heterocycles. The van der Waals surface area contributed by atoms with Crippen molar-refractivity contribution in [3.05, 3.63) is 51.6 Å². The summed E-state index contributed by atoms with van der Waals surface area (Å²) in [5.41, 5.74) is 0.708. The number of anilines is 1. The van der Waals surface area contributed by atoms with E-state index < -0.39 is 28.9 Å². The zero-order valence-electron chi connectivity index (χ0n) is 15.3. The molecule has 152 valence electrons. The lowest BCUT2D eigenvalue weighted by Crippen LogP contribution is -2.15. The van der Waals surface area contributed by atoms with Crippen LogP contribution in [0.15, 0.2) is 30.3 Å². The normalized spacial score (nSPS) is 10.9. The van der Waals surface area contributed by atoms with Crippen LogP contribution in [0, 0.1) is 10.1 Å². The number of nitro benzene ring substituents is 1. The van der Waals surface area contributed by atoms with Gasteiger partial charge in [-0.05, 0) is 24.1 Å². The molecule has 0 bridgehead atoms. The zero-order chi connectivity index (χ0) is 21.1. The summed E-state index contributed by atoms with van der Waals surface area (Å²) in [5.74, 6) is -1.61. The molecule has 0 saturated heterocycles. The maximum atomic E-state index is 12.6. The number of benzene rings is 2. The first-order chi connectivity index (χ1) is 13.8. The molecular formula is C18H15F2N3O5S. The number of aromatic nitrogens is 1. The Labute approximate surface area is 167 Å². The molecule has 1 heterocycles. The van der Waals surface area contributed by atoms with Gasteiger partial charge in [0.1, 0.15) is 5.56 Å². The van der Waals surface area contributed by atoms with E-state index in [0.717, 1.165) is 28.8 Å². The van der Waals surface area contributed by atoms with E-state index in [1.54, 1.807) is 0 Å². The number of rotatable bonds is 7. The van der Waals surface area contributed by atoms with Crippen molar-refractivity contribution in [2.75, 3.05) is 12.4 Å². The average molecular weight is 423 g/mol.